The smallest absolute Gasteiger partial charge is 0.248 e. The molecule has 4 rings (SSSR count). The average molecular weight is 428 g/mol. The minimum atomic E-state index is -0.221. The molecule has 7 nitrogen and oxygen atoms in total. The number of nitrogens with one attached hydrogen (secondary N) is 1. The number of fused-ring (bicyclic) bond motifs is 1. The van der Waals surface area contributed by atoms with E-state index in [9.17, 15) is 4.79 Å². The summed E-state index contributed by atoms with van der Waals surface area (Å²) >= 11 is 0. The Labute approximate surface area is 186 Å². The van der Waals surface area contributed by atoms with Crippen molar-refractivity contribution in [2.24, 2.45) is 0 Å². The van der Waals surface area contributed by atoms with Crippen LogP contribution in [0.15, 0.2) is 73.2 Å². The lowest BCUT2D eigenvalue weighted by Crippen LogP contribution is -2.07. The van der Waals surface area contributed by atoms with Crippen LogP contribution in [0.1, 0.15) is 19.4 Å². The number of benzene rings is 2. The molecule has 0 aliphatic rings. The SMILES string of the molecule is CCOc1ccc(/C=C/C(=O)Nc2ccc(-c3cn4cccnc4n3)cc2)cc1OCC. The quantitative estimate of drug-likeness (QED) is 0.406. The van der Waals surface area contributed by atoms with Crippen molar-refractivity contribution in [2.75, 3.05) is 18.5 Å². The summed E-state index contributed by atoms with van der Waals surface area (Å²) in [6.45, 7) is 4.94. The van der Waals surface area contributed by atoms with Crippen molar-refractivity contribution in [1.29, 1.82) is 0 Å². The number of carbonyl (C=O) groups is 1. The van der Waals surface area contributed by atoms with Gasteiger partial charge >= 0.3 is 0 Å². The number of nitrogens with zero attached hydrogens (tertiary/aromatic N) is 3. The lowest BCUT2D eigenvalue weighted by Gasteiger charge is -2.11. The second-order valence-corrected chi connectivity index (χ2v) is 6.93. The van der Waals surface area contributed by atoms with Gasteiger partial charge in [0.1, 0.15) is 0 Å². The molecule has 1 amide bonds. The van der Waals surface area contributed by atoms with E-state index >= 15 is 0 Å². The third kappa shape index (κ3) is 4.95. The van der Waals surface area contributed by atoms with Crippen LogP contribution in [0.4, 0.5) is 5.69 Å². The summed E-state index contributed by atoms with van der Waals surface area (Å²) in [4.78, 5) is 21.1. The molecule has 0 saturated carbocycles. The molecule has 4 aromatic rings. The van der Waals surface area contributed by atoms with E-state index in [-0.39, 0.29) is 5.91 Å². The molecule has 0 fully saturated rings. The largest absolute Gasteiger partial charge is 0.490 e. The van der Waals surface area contributed by atoms with Gasteiger partial charge in [0.05, 0.1) is 18.9 Å². The molecule has 0 bridgehead atoms. The lowest BCUT2D eigenvalue weighted by atomic mass is 10.1. The molecule has 0 radical (unpaired) electrons. The molecule has 0 atom stereocenters. The molecule has 0 aliphatic carbocycles. The van der Waals surface area contributed by atoms with Crippen molar-refractivity contribution in [1.82, 2.24) is 14.4 Å². The monoisotopic (exact) mass is 428 g/mol. The van der Waals surface area contributed by atoms with Crippen molar-refractivity contribution >= 4 is 23.4 Å². The molecular formula is C25H24N4O3. The number of hydrogen-bond acceptors (Lipinski definition) is 5. The van der Waals surface area contributed by atoms with Crippen LogP contribution in [0.25, 0.3) is 23.1 Å². The summed E-state index contributed by atoms with van der Waals surface area (Å²) in [5.74, 6) is 1.78. The van der Waals surface area contributed by atoms with E-state index in [1.54, 1.807) is 12.3 Å². The number of anilines is 1. The molecular weight excluding hydrogens is 404 g/mol. The fourth-order valence-electron chi connectivity index (χ4n) is 3.22. The number of aromatic nitrogens is 3. The highest BCUT2D eigenvalue weighted by Crippen LogP contribution is 2.29. The van der Waals surface area contributed by atoms with Gasteiger partial charge in [-0.05, 0) is 55.8 Å². The van der Waals surface area contributed by atoms with E-state index in [0.29, 0.717) is 36.2 Å². The third-order valence-electron chi connectivity index (χ3n) is 4.68. The molecule has 0 aliphatic heterocycles. The molecule has 0 unspecified atom stereocenters. The number of rotatable bonds is 8. The highest BCUT2D eigenvalue weighted by Gasteiger charge is 2.07. The molecule has 162 valence electrons. The first-order valence-corrected chi connectivity index (χ1v) is 10.4. The van der Waals surface area contributed by atoms with E-state index in [4.69, 9.17) is 9.47 Å². The van der Waals surface area contributed by atoms with Gasteiger partial charge in [-0.25, -0.2) is 9.97 Å². The number of imidazole rings is 1. The molecule has 32 heavy (non-hydrogen) atoms. The van der Waals surface area contributed by atoms with Crippen LogP contribution in [0, 0.1) is 0 Å². The van der Waals surface area contributed by atoms with Crippen LogP contribution in [0.3, 0.4) is 0 Å². The first-order chi connectivity index (χ1) is 15.7. The second kappa shape index (κ2) is 9.78. The lowest BCUT2D eigenvalue weighted by molar-refractivity contribution is -0.111. The summed E-state index contributed by atoms with van der Waals surface area (Å²) in [7, 11) is 0. The summed E-state index contributed by atoms with van der Waals surface area (Å²) in [5, 5.41) is 2.87. The second-order valence-electron chi connectivity index (χ2n) is 6.93. The average Bonchev–Trinajstić information content (AvgIpc) is 3.24. The van der Waals surface area contributed by atoms with E-state index < -0.39 is 0 Å². The number of amides is 1. The van der Waals surface area contributed by atoms with E-state index in [2.05, 4.69) is 15.3 Å². The van der Waals surface area contributed by atoms with Crippen LogP contribution in [-0.2, 0) is 4.79 Å². The van der Waals surface area contributed by atoms with Crippen molar-refractivity contribution in [3.63, 3.8) is 0 Å². The Morgan fingerprint density at radius 2 is 1.84 bits per heavy atom. The molecule has 2 aromatic carbocycles. The maximum Gasteiger partial charge on any atom is 0.248 e. The first kappa shape index (κ1) is 21.1. The van der Waals surface area contributed by atoms with Gasteiger partial charge in [0, 0.05) is 35.9 Å². The Hall–Kier alpha value is -4.13. The van der Waals surface area contributed by atoms with Crippen molar-refractivity contribution in [3.05, 3.63) is 78.8 Å². The normalized spacial score (nSPS) is 11.1. The fourth-order valence-corrected chi connectivity index (χ4v) is 3.22. The maximum atomic E-state index is 12.4. The topological polar surface area (TPSA) is 77.8 Å². The van der Waals surface area contributed by atoms with Crippen molar-refractivity contribution in [3.8, 4) is 22.8 Å². The van der Waals surface area contributed by atoms with E-state index in [1.807, 2.05) is 79.2 Å². The van der Waals surface area contributed by atoms with Crippen LogP contribution in [-0.4, -0.2) is 33.5 Å². The van der Waals surface area contributed by atoms with Crippen LogP contribution in [0.5, 0.6) is 11.5 Å². The predicted molar refractivity (Wildman–Crippen MR) is 125 cm³/mol. The van der Waals surface area contributed by atoms with Gasteiger partial charge in [-0.15, -0.1) is 0 Å². The first-order valence-electron chi connectivity index (χ1n) is 10.4. The van der Waals surface area contributed by atoms with Crippen LogP contribution >= 0.6 is 0 Å². The fraction of sp³-hybridized carbons (Fsp3) is 0.160. The third-order valence-corrected chi connectivity index (χ3v) is 4.68. The van der Waals surface area contributed by atoms with Crippen LogP contribution in [0.2, 0.25) is 0 Å². The molecule has 1 N–H and O–H groups in total. The Bertz CT molecular complexity index is 1210. The predicted octanol–water partition coefficient (Wildman–Crippen LogP) is 4.85. The number of ether oxygens (including phenoxy) is 2. The highest BCUT2D eigenvalue weighted by atomic mass is 16.5. The summed E-state index contributed by atoms with van der Waals surface area (Å²) in [6.07, 6.45) is 8.77. The molecule has 2 heterocycles. The van der Waals surface area contributed by atoms with Gasteiger partial charge in [0.2, 0.25) is 11.7 Å². The van der Waals surface area contributed by atoms with E-state index in [1.165, 1.54) is 6.08 Å². The van der Waals surface area contributed by atoms with Gasteiger partial charge in [-0.2, -0.15) is 0 Å². The van der Waals surface area contributed by atoms with Gasteiger partial charge in [-0.3, -0.25) is 9.20 Å². The zero-order chi connectivity index (χ0) is 22.3. The molecule has 0 saturated heterocycles. The highest BCUT2D eigenvalue weighted by molar-refractivity contribution is 6.02. The van der Waals surface area contributed by atoms with Gasteiger partial charge in [-0.1, -0.05) is 18.2 Å². The minimum absolute atomic E-state index is 0.221. The van der Waals surface area contributed by atoms with Crippen molar-refractivity contribution < 1.29 is 14.3 Å². The van der Waals surface area contributed by atoms with Gasteiger partial charge in [0.15, 0.2) is 11.5 Å². The Morgan fingerprint density at radius 3 is 2.59 bits per heavy atom. The standard InChI is InChI=1S/C25H24N4O3/c1-3-31-22-12-6-18(16-23(22)32-4-2)7-13-24(30)27-20-10-8-19(9-11-20)21-17-29-15-5-14-26-25(29)28-21/h5-17H,3-4H2,1-2H3,(H,27,30)/b13-7+. The Morgan fingerprint density at radius 1 is 1.06 bits per heavy atom. The summed E-state index contributed by atoms with van der Waals surface area (Å²) < 4.78 is 13.1. The summed E-state index contributed by atoms with van der Waals surface area (Å²) in [5.41, 5.74) is 3.32. The maximum absolute atomic E-state index is 12.4. The van der Waals surface area contributed by atoms with Crippen LogP contribution < -0.4 is 14.8 Å². The Balaban J connectivity index is 1.41. The van der Waals surface area contributed by atoms with E-state index in [0.717, 1.165) is 16.8 Å². The van der Waals surface area contributed by atoms with Gasteiger partial charge in [0.25, 0.3) is 0 Å². The number of carbonyl (C=O) groups excluding carboxylic acids is 1. The molecule has 7 heteroatoms. The summed E-state index contributed by atoms with van der Waals surface area (Å²) in [6, 6.07) is 15.0. The molecule has 0 spiro atoms. The number of hydrogen-bond donors (Lipinski definition) is 1. The minimum Gasteiger partial charge on any atom is -0.490 e. The Kier molecular flexibility index (Phi) is 6.46. The zero-order valence-corrected chi connectivity index (χ0v) is 18.0. The van der Waals surface area contributed by atoms with Gasteiger partial charge < -0.3 is 14.8 Å². The zero-order valence-electron chi connectivity index (χ0n) is 18.0. The molecule has 2 aromatic heterocycles. The van der Waals surface area contributed by atoms with Crippen molar-refractivity contribution in [2.45, 2.75) is 13.8 Å².